The Labute approximate surface area is 122 Å². The Hall–Kier alpha value is -1.40. The molecule has 2 N–H and O–H groups in total. The predicted molar refractivity (Wildman–Crippen MR) is 77.8 cm³/mol. The van der Waals surface area contributed by atoms with Gasteiger partial charge in [0, 0.05) is 24.4 Å². The first-order chi connectivity index (χ1) is 9.63. The number of carbonyl (C=O) groups is 2. The van der Waals surface area contributed by atoms with E-state index >= 15 is 0 Å². The molecule has 1 aliphatic rings. The third-order valence-electron chi connectivity index (χ3n) is 3.47. The summed E-state index contributed by atoms with van der Waals surface area (Å²) in [6.07, 6.45) is 1.94. The molecule has 0 saturated carbocycles. The van der Waals surface area contributed by atoms with E-state index in [1.165, 1.54) is 4.88 Å². The molecule has 0 aromatic carbocycles. The molecule has 1 fully saturated rings. The van der Waals surface area contributed by atoms with E-state index in [0.29, 0.717) is 19.6 Å². The molecule has 1 aliphatic heterocycles. The highest BCUT2D eigenvalue weighted by Gasteiger charge is 2.25. The van der Waals surface area contributed by atoms with Gasteiger partial charge in [0.05, 0.1) is 6.54 Å². The van der Waals surface area contributed by atoms with Gasteiger partial charge in [-0.25, -0.2) is 0 Å². The van der Waals surface area contributed by atoms with E-state index < -0.39 is 5.97 Å². The summed E-state index contributed by atoms with van der Waals surface area (Å²) in [7, 11) is 0. The van der Waals surface area contributed by atoms with Crippen molar-refractivity contribution in [1.82, 2.24) is 10.2 Å². The number of thiophene rings is 1. The minimum absolute atomic E-state index is 0.0255. The first-order valence-electron chi connectivity index (χ1n) is 6.86. The third-order valence-corrected chi connectivity index (χ3v) is 4.41. The van der Waals surface area contributed by atoms with Crippen LogP contribution in [0.15, 0.2) is 17.5 Å². The number of likely N-dealkylation sites (tertiary alicyclic amines) is 1. The lowest BCUT2D eigenvalue weighted by Crippen LogP contribution is -2.37. The topological polar surface area (TPSA) is 69.6 Å². The van der Waals surface area contributed by atoms with Crippen LogP contribution < -0.4 is 5.32 Å². The van der Waals surface area contributed by atoms with Crippen LogP contribution >= 0.6 is 11.3 Å². The van der Waals surface area contributed by atoms with Gasteiger partial charge < -0.3 is 10.4 Å². The van der Waals surface area contributed by atoms with E-state index in [1.807, 2.05) is 16.3 Å². The number of carbonyl (C=O) groups excluding carboxylic acids is 1. The molecule has 6 heteroatoms. The molecule has 1 aromatic rings. The van der Waals surface area contributed by atoms with Gasteiger partial charge in [-0.15, -0.1) is 11.3 Å². The van der Waals surface area contributed by atoms with Crippen LogP contribution in [0, 0.1) is 5.92 Å². The maximum atomic E-state index is 11.8. The Kier molecular flexibility index (Phi) is 5.55. The molecule has 1 saturated heterocycles. The van der Waals surface area contributed by atoms with E-state index in [1.54, 1.807) is 11.3 Å². The normalized spacial score (nSPS) is 19.1. The number of carboxylic acids is 1. The van der Waals surface area contributed by atoms with Crippen LogP contribution in [-0.2, 0) is 16.0 Å². The fourth-order valence-corrected chi connectivity index (χ4v) is 3.22. The highest BCUT2D eigenvalue weighted by atomic mass is 32.1. The molecular formula is C14H20N2O3S. The molecule has 0 spiro atoms. The largest absolute Gasteiger partial charge is 0.481 e. The SMILES string of the molecule is O=C(O)CC1CCN(CC(=O)NCCc2cccs2)C1. The number of hydrogen-bond donors (Lipinski definition) is 2. The first-order valence-corrected chi connectivity index (χ1v) is 7.74. The number of hydrogen-bond acceptors (Lipinski definition) is 4. The highest BCUT2D eigenvalue weighted by Crippen LogP contribution is 2.18. The van der Waals surface area contributed by atoms with Crippen molar-refractivity contribution in [2.75, 3.05) is 26.2 Å². The minimum Gasteiger partial charge on any atom is -0.481 e. The molecular weight excluding hydrogens is 276 g/mol. The molecule has 2 rings (SSSR count). The number of rotatable bonds is 7. The van der Waals surface area contributed by atoms with Crippen LogP contribution in [0.3, 0.4) is 0 Å². The Morgan fingerprint density at radius 2 is 2.35 bits per heavy atom. The molecule has 0 radical (unpaired) electrons. The number of carboxylic acid groups (broad SMARTS) is 1. The predicted octanol–water partition coefficient (Wildman–Crippen LogP) is 1.20. The molecule has 1 unspecified atom stereocenters. The average molecular weight is 296 g/mol. The van der Waals surface area contributed by atoms with Gasteiger partial charge >= 0.3 is 5.97 Å². The fourth-order valence-electron chi connectivity index (χ4n) is 2.51. The quantitative estimate of drug-likeness (QED) is 0.793. The molecule has 2 heterocycles. The van der Waals surface area contributed by atoms with Crippen molar-refractivity contribution in [2.24, 2.45) is 5.92 Å². The van der Waals surface area contributed by atoms with E-state index in [9.17, 15) is 9.59 Å². The molecule has 20 heavy (non-hydrogen) atoms. The van der Waals surface area contributed by atoms with Gasteiger partial charge in [0.2, 0.25) is 5.91 Å². The number of nitrogens with zero attached hydrogens (tertiary/aromatic N) is 1. The van der Waals surface area contributed by atoms with E-state index in [0.717, 1.165) is 19.4 Å². The van der Waals surface area contributed by atoms with Crippen molar-refractivity contribution in [1.29, 1.82) is 0 Å². The molecule has 1 aromatic heterocycles. The lowest BCUT2D eigenvalue weighted by Gasteiger charge is -2.15. The summed E-state index contributed by atoms with van der Waals surface area (Å²) in [5, 5.41) is 13.7. The monoisotopic (exact) mass is 296 g/mol. The standard InChI is InChI=1S/C14H20N2O3S/c17-13(15-5-3-12-2-1-7-20-12)10-16-6-4-11(9-16)8-14(18)19/h1-2,7,11H,3-6,8-10H2,(H,15,17)(H,18,19). The van der Waals surface area contributed by atoms with Crippen molar-refractivity contribution in [3.05, 3.63) is 22.4 Å². The van der Waals surface area contributed by atoms with Crippen molar-refractivity contribution in [2.45, 2.75) is 19.3 Å². The van der Waals surface area contributed by atoms with Crippen LogP contribution in [0.25, 0.3) is 0 Å². The zero-order valence-electron chi connectivity index (χ0n) is 11.4. The van der Waals surface area contributed by atoms with Crippen LogP contribution in [0.4, 0.5) is 0 Å². The van der Waals surface area contributed by atoms with Crippen LogP contribution in [-0.4, -0.2) is 48.1 Å². The summed E-state index contributed by atoms with van der Waals surface area (Å²) in [6.45, 7) is 2.56. The molecule has 1 amide bonds. The van der Waals surface area contributed by atoms with E-state index in [-0.39, 0.29) is 18.2 Å². The summed E-state index contributed by atoms with van der Waals surface area (Å²) in [4.78, 5) is 25.7. The Morgan fingerprint density at radius 1 is 1.50 bits per heavy atom. The minimum atomic E-state index is -0.753. The highest BCUT2D eigenvalue weighted by molar-refractivity contribution is 7.09. The lowest BCUT2D eigenvalue weighted by atomic mass is 10.1. The second-order valence-corrected chi connectivity index (χ2v) is 6.20. The average Bonchev–Trinajstić information content (AvgIpc) is 3.00. The zero-order valence-corrected chi connectivity index (χ0v) is 12.2. The number of aliphatic carboxylic acids is 1. The Morgan fingerprint density at radius 3 is 3.05 bits per heavy atom. The maximum absolute atomic E-state index is 11.8. The molecule has 5 nitrogen and oxygen atoms in total. The molecule has 1 atom stereocenters. The van der Waals surface area contributed by atoms with Crippen molar-refractivity contribution in [3.8, 4) is 0 Å². The summed E-state index contributed by atoms with van der Waals surface area (Å²) in [6, 6.07) is 4.07. The van der Waals surface area contributed by atoms with Gasteiger partial charge in [0.1, 0.15) is 0 Å². The summed E-state index contributed by atoms with van der Waals surface area (Å²) in [5.74, 6) is -0.541. The fraction of sp³-hybridized carbons (Fsp3) is 0.571. The van der Waals surface area contributed by atoms with Crippen LogP contribution in [0.2, 0.25) is 0 Å². The maximum Gasteiger partial charge on any atom is 0.303 e. The lowest BCUT2D eigenvalue weighted by molar-refractivity contribution is -0.138. The third kappa shape index (κ3) is 4.94. The molecule has 110 valence electrons. The van der Waals surface area contributed by atoms with Gasteiger partial charge in [-0.1, -0.05) is 6.07 Å². The summed E-state index contributed by atoms with van der Waals surface area (Å²) >= 11 is 1.70. The number of amides is 1. The van der Waals surface area contributed by atoms with Crippen molar-refractivity contribution in [3.63, 3.8) is 0 Å². The van der Waals surface area contributed by atoms with Gasteiger partial charge in [-0.2, -0.15) is 0 Å². The molecule has 0 bridgehead atoms. The van der Waals surface area contributed by atoms with Gasteiger partial charge in [0.15, 0.2) is 0 Å². The van der Waals surface area contributed by atoms with Crippen LogP contribution in [0.5, 0.6) is 0 Å². The summed E-state index contributed by atoms with van der Waals surface area (Å²) in [5.41, 5.74) is 0. The van der Waals surface area contributed by atoms with Gasteiger partial charge in [-0.3, -0.25) is 14.5 Å². The van der Waals surface area contributed by atoms with Crippen molar-refractivity contribution >= 4 is 23.2 Å². The van der Waals surface area contributed by atoms with E-state index in [2.05, 4.69) is 11.4 Å². The van der Waals surface area contributed by atoms with Gasteiger partial charge in [-0.05, 0) is 36.8 Å². The zero-order chi connectivity index (χ0) is 14.4. The Bertz CT molecular complexity index is 447. The molecule has 0 aliphatic carbocycles. The van der Waals surface area contributed by atoms with Crippen LogP contribution in [0.1, 0.15) is 17.7 Å². The van der Waals surface area contributed by atoms with E-state index in [4.69, 9.17) is 5.11 Å². The smallest absolute Gasteiger partial charge is 0.303 e. The second-order valence-electron chi connectivity index (χ2n) is 5.17. The second kappa shape index (κ2) is 7.40. The summed E-state index contributed by atoms with van der Waals surface area (Å²) < 4.78 is 0. The number of nitrogens with one attached hydrogen (secondary N) is 1. The Balaban J connectivity index is 1.61. The van der Waals surface area contributed by atoms with Crippen molar-refractivity contribution < 1.29 is 14.7 Å². The van der Waals surface area contributed by atoms with Gasteiger partial charge in [0.25, 0.3) is 0 Å². The first kappa shape index (κ1) is 15.0.